The number of ether oxygens (including phenoxy) is 1. The first kappa shape index (κ1) is 28.2. The molecule has 0 saturated carbocycles. The summed E-state index contributed by atoms with van der Waals surface area (Å²) < 4.78 is 30.7. The molecule has 9 heteroatoms. The van der Waals surface area contributed by atoms with Crippen molar-refractivity contribution in [1.29, 1.82) is 0 Å². The molecule has 1 aromatic heterocycles. The average molecular weight is 526 g/mol. The molecule has 0 bridgehead atoms. The molecule has 8 nitrogen and oxygen atoms in total. The van der Waals surface area contributed by atoms with Gasteiger partial charge in [0.2, 0.25) is 10.0 Å². The molecule has 4 rings (SSSR count). The highest BCUT2D eigenvalue weighted by molar-refractivity contribution is 7.88. The van der Waals surface area contributed by atoms with Gasteiger partial charge in [0, 0.05) is 23.6 Å². The number of sulfonamides is 1. The number of nitrogens with one attached hydrogen (secondary N) is 2. The minimum Gasteiger partial charge on any atom is -0.497 e. The summed E-state index contributed by atoms with van der Waals surface area (Å²) in [5, 5.41) is 12.1. The van der Waals surface area contributed by atoms with Gasteiger partial charge in [-0.15, -0.1) is 0 Å². The van der Waals surface area contributed by atoms with E-state index < -0.39 is 21.9 Å². The number of aliphatic carboxylic acids is 1. The molecule has 0 amide bonds. The van der Waals surface area contributed by atoms with Crippen LogP contribution in [0.15, 0.2) is 60.8 Å². The van der Waals surface area contributed by atoms with Gasteiger partial charge < -0.3 is 19.7 Å². The molecule has 0 radical (unpaired) electrons. The van der Waals surface area contributed by atoms with Crippen molar-refractivity contribution in [1.82, 2.24) is 14.6 Å². The summed E-state index contributed by atoms with van der Waals surface area (Å²) in [6.45, 7) is 2.65. The number of aromatic nitrogens is 1. The Kier molecular flexibility index (Phi) is 9.31. The van der Waals surface area contributed by atoms with Crippen LogP contribution in [0.4, 0.5) is 0 Å². The smallest absolute Gasteiger partial charge is 0.310 e. The van der Waals surface area contributed by atoms with Crippen LogP contribution < -0.4 is 9.46 Å². The number of aromatic amines is 1. The first-order valence-corrected chi connectivity index (χ1v) is 13.6. The van der Waals surface area contributed by atoms with Crippen molar-refractivity contribution in [3.05, 3.63) is 77.5 Å². The average Bonchev–Trinajstić information content (AvgIpc) is 3.28. The first-order chi connectivity index (χ1) is 17.5. The molecule has 0 aliphatic rings. The van der Waals surface area contributed by atoms with Gasteiger partial charge in [-0.25, -0.2) is 13.1 Å². The molecule has 0 saturated heterocycles. The Hall–Kier alpha value is -3.40. The highest BCUT2D eigenvalue weighted by Crippen LogP contribution is 2.25. The summed E-state index contributed by atoms with van der Waals surface area (Å²) in [5.41, 5.74) is 3.88. The number of hydrogen-bond donors (Lipinski definition) is 3. The van der Waals surface area contributed by atoms with Crippen LogP contribution in [0.1, 0.15) is 29.5 Å². The molecule has 1 unspecified atom stereocenters. The van der Waals surface area contributed by atoms with E-state index in [0.29, 0.717) is 0 Å². The Balaban J connectivity index is 0.000000208. The van der Waals surface area contributed by atoms with Crippen LogP contribution in [-0.2, 0) is 27.0 Å². The standard InChI is InChI=1S/C14H21N3O2S.C14H14O3/c1-15-20(18,19)10-11-4-5-14-13(8-11)12(9-16-14)6-7-17(2)3;1-9(14(15)16)10-3-4-12-8-13(17-2)6-5-11(12)7-10/h4-5,8-9,15-16H,6-7,10H2,1-3H3;3-9H,1-2H3,(H,15,16). The molecule has 3 N–H and O–H groups in total. The Morgan fingerprint density at radius 2 is 1.78 bits per heavy atom. The Bertz CT molecular complexity index is 1480. The minimum atomic E-state index is -3.23. The van der Waals surface area contributed by atoms with E-state index >= 15 is 0 Å². The molecule has 0 aliphatic heterocycles. The van der Waals surface area contributed by atoms with E-state index in [1.165, 1.54) is 12.6 Å². The molecule has 198 valence electrons. The maximum absolute atomic E-state index is 11.6. The fourth-order valence-electron chi connectivity index (χ4n) is 3.94. The number of likely N-dealkylation sites (N-methyl/N-ethyl adjacent to an activating group) is 1. The molecular formula is C28H35N3O5S. The number of carboxylic acid groups (broad SMARTS) is 1. The van der Waals surface area contributed by atoms with Crippen molar-refractivity contribution in [3.63, 3.8) is 0 Å². The van der Waals surface area contributed by atoms with Gasteiger partial charge in [-0.3, -0.25) is 4.79 Å². The lowest BCUT2D eigenvalue weighted by molar-refractivity contribution is -0.138. The van der Waals surface area contributed by atoms with E-state index in [-0.39, 0.29) is 5.75 Å². The van der Waals surface area contributed by atoms with E-state index in [1.807, 2.05) is 74.9 Å². The van der Waals surface area contributed by atoms with E-state index in [4.69, 9.17) is 9.84 Å². The molecule has 1 atom stereocenters. The number of methoxy groups -OCH3 is 1. The second-order valence-corrected chi connectivity index (χ2v) is 11.2. The van der Waals surface area contributed by atoms with Crippen LogP contribution in [0, 0.1) is 0 Å². The van der Waals surface area contributed by atoms with Crippen LogP contribution in [0.2, 0.25) is 0 Å². The number of fused-ring (bicyclic) bond motifs is 2. The number of carboxylic acids is 1. The van der Waals surface area contributed by atoms with Crippen molar-refractivity contribution in [2.45, 2.75) is 25.0 Å². The van der Waals surface area contributed by atoms with Gasteiger partial charge >= 0.3 is 5.97 Å². The quantitative estimate of drug-likeness (QED) is 0.299. The number of nitrogens with zero attached hydrogens (tertiary/aromatic N) is 1. The lowest BCUT2D eigenvalue weighted by atomic mass is 9.98. The molecule has 0 aliphatic carbocycles. The summed E-state index contributed by atoms with van der Waals surface area (Å²) in [6.07, 6.45) is 2.94. The summed E-state index contributed by atoms with van der Waals surface area (Å²) >= 11 is 0. The zero-order chi connectivity index (χ0) is 27.2. The Morgan fingerprint density at radius 3 is 2.43 bits per heavy atom. The van der Waals surface area contributed by atoms with Crippen LogP contribution in [-0.4, -0.2) is 64.2 Å². The van der Waals surface area contributed by atoms with Crippen LogP contribution in [0.5, 0.6) is 5.75 Å². The molecule has 1 heterocycles. The van der Waals surface area contributed by atoms with Gasteiger partial charge in [0.1, 0.15) is 5.75 Å². The Morgan fingerprint density at radius 1 is 1.08 bits per heavy atom. The lowest BCUT2D eigenvalue weighted by Crippen LogP contribution is -2.20. The molecule has 3 aromatic carbocycles. The fraction of sp³-hybridized carbons (Fsp3) is 0.321. The van der Waals surface area contributed by atoms with Crippen molar-refractivity contribution in [3.8, 4) is 5.75 Å². The van der Waals surface area contributed by atoms with E-state index in [0.717, 1.165) is 51.5 Å². The zero-order valence-corrected chi connectivity index (χ0v) is 22.7. The van der Waals surface area contributed by atoms with Gasteiger partial charge in [0.15, 0.2) is 0 Å². The van der Waals surface area contributed by atoms with Crippen molar-refractivity contribution in [2.75, 3.05) is 34.8 Å². The predicted molar refractivity (Wildman–Crippen MR) is 149 cm³/mol. The number of benzene rings is 3. The molecule has 0 spiro atoms. The molecule has 37 heavy (non-hydrogen) atoms. The number of carbonyl (C=O) groups is 1. The third-order valence-electron chi connectivity index (χ3n) is 6.27. The van der Waals surface area contributed by atoms with E-state index in [9.17, 15) is 13.2 Å². The SMILES string of the molecule is CNS(=O)(=O)Cc1ccc2[nH]cc(CCN(C)C)c2c1.COc1ccc2cc(C(C)C(=O)O)ccc2c1. The fourth-order valence-corrected chi connectivity index (χ4v) is 4.70. The largest absolute Gasteiger partial charge is 0.497 e. The number of rotatable bonds is 9. The monoisotopic (exact) mass is 525 g/mol. The zero-order valence-electron chi connectivity index (χ0n) is 21.9. The predicted octanol–water partition coefficient (Wildman–Crippen LogP) is 4.36. The van der Waals surface area contributed by atoms with Gasteiger partial charge in [-0.2, -0.15) is 0 Å². The molecular weight excluding hydrogens is 490 g/mol. The maximum Gasteiger partial charge on any atom is 0.310 e. The highest BCUT2D eigenvalue weighted by atomic mass is 32.2. The maximum atomic E-state index is 11.6. The third kappa shape index (κ3) is 7.55. The highest BCUT2D eigenvalue weighted by Gasteiger charge is 2.14. The van der Waals surface area contributed by atoms with Crippen LogP contribution in [0.25, 0.3) is 21.7 Å². The summed E-state index contributed by atoms with van der Waals surface area (Å²) in [4.78, 5) is 16.3. The van der Waals surface area contributed by atoms with Gasteiger partial charge in [0.25, 0.3) is 0 Å². The topological polar surface area (TPSA) is 112 Å². The van der Waals surface area contributed by atoms with Gasteiger partial charge in [-0.05, 0) is 86.2 Å². The second kappa shape index (κ2) is 12.2. The van der Waals surface area contributed by atoms with Crippen molar-refractivity contribution >= 4 is 37.7 Å². The summed E-state index contributed by atoms with van der Waals surface area (Å²) in [6, 6.07) is 17.2. The normalized spacial score (nSPS) is 12.4. The summed E-state index contributed by atoms with van der Waals surface area (Å²) in [5.74, 6) is -0.478. The number of H-pyrrole nitrogens is 1. The Labute approximate surface area is 218 Å². The van der Waals surface area contributed by atoms with Crippen molar-refractivity contribution in [2.24, 2.45) is 0 Å². The molecule has 0 fully saturated rings. The summed E-state index contributed by atoms with van der Waals surface area (Å²) in [7, 11) is 3.92. The third-order valence-corrected chi connectivity index (χ3v) is 7.61. The van der Waals surface area contributed by atoms with Crippen LogP contribution in [0.3, 0.4) is 0 Å². The van der Waals surface area contributed by atoms with Gasteiger partial charge in [-0.1, -0.05) is 30.3 Å². The molecule has 4 aromatic rings. The lowest BCUT2D eigenvalue weighted by Gasteiger charge is -2.08. The van der Waals surface area contributed by atoms with Gasteiger partial charge in [0.05, 0.1) is 18.8 Å². The first-order valence-electron chi connectivity index (χ1n) is 12.0. The minimum absolute atomic E-state index is 0.0116. The van der Waals surface area contributed by atoms with Crippen LogP contribution >= 0.6 is 0 Å². The second-order valence-electron chi connectivity index (χ2n) is 9.24. The van der Waals surface area contributed by atoms with E-state index in [1.54, 1.807) is 14.0 Å². The number of hydrogen-bond acceptors (Lipinski definition) is 5. The van der Waals surface area contributed by atoms with Crippen molar-refractivity contribution < 1.29 is 23.1 Å². The van der Waals surface area contributed by atoms with E-state index in [2.05, 4.69) is 14.6 Å².